The van der Waals surface area contributed by atoms with Crippen LogP contribution < -0.4 is 0 Å². The number of alkyl halides is 1. The van der Waals surface area contributed by atoms with Gasteiger partial charge in [0, 0.05) is 12.0 Å². The molecule has 0 bridgehead atoms. The number of ether oxygens (including phenoxy) is 1. The molecule has 0 saturated carbocycles. The van der Waals surface area contributed by atoms with E-state index in [9.17, 15) is 0 Å². The van der Waals surface area contributed by atoms with Gasteiger partial charge >= 0.3 is 0 Å². The molecule has 94 valence electrons. The van der Waals surface area contributed by atoms with E-state index in [4.69, 9.17) is 16.3 Å². The van der Waals surface area contributed by atoms with Gasteiger partial charge in [-0.2, -0.15) is 11.8 Å². The lowest BCUT2D eigenvalue weighted by Crippen LogP contribution is -2.44. The second-order valence-electron chi connectivity index (χ2n) is 5.43. The number of rotatable bonds is 2. The summed E-state index contributed by atoms with van der Waals surface area (Å²) < 4.78 is 6.11. The summed E-state index contributed by atoms with van der Waals surface area (Å²) in [6.07, 6.45) is 4.94. The molecule has 3 atom stereocenters. The molecule has 0 radical (unpaired) electrons. The molecule has 2 aliphatic rings. The third kappa shape index (κ3) is 2.88. The standard InChI is InChI=1S/C13H23ClOS/c1-10(11(2)14)12-3-6-15-13(9-12)4-7-16-8-5-13/h10-12H,3-9H2,1-2H3. The smallest absolute Gasteiger partial charge is 0.0701 e. The van der Waals surface area contributed by atoms with Gasteiger partial charge in [-0.1, -0.05) is 6.92 Å². The molecule has 0 N–H and O–H groups in total. The zero-order chi connectivity index (χ0) is 11.6. The van der Waals surface area contributed by atoms with Crippen LogP contribution >= 0.6 is 23.4 Å². The van der Waals surface area contributed by atoms with Crippen molar-refractivity contribution in [2.45, 2.75) is 50.5 Å². The first-order valence-corrected chi connectivity index (χ1v) is 8.08. The Morgan fingerprint density at radius 1 is 1.31 bits per heavy atom. The van der Waals surface area contributed by atoms with Crippen molar-refractivity contribution in [2.75, 3.05) is 18.1 Å². The molecule has 2 aliphatic heterocycles. The number of halogens is 1. The van der Waals surface area contributed by atoms with E-state index in [2.05, 4.69) is 25.6 Å². The molecule has 0 aromatic heterocycles. The number of hydrogen-bond donors (Lipinski definition) is 0. The minimum absolute atomic E-state index is 0.216. The Bertz CT molecular complexity index is 220. The van der Waals surface area contributed by atoms with E-state index in [0.717, 1.165) is 12.5 Å². The van der Waals surface area contributed by atoms with E-state index in [1.807, 2.05) is 0 Å². The molecule has 0 aliphatic carbocycles. The van der Waals surface area contributed by atoms with Crippen molar-refractivity contribution >= 4 is 23.4 Å². The predicted octanol–water partition coefficient (Wildman–Crippen LogP) is 3.94. The lowest BCUT2D eigenvalue weighted by Gasteiger charge is -2.45. The highest BCUT2D eigenvalue weighted by Crippen LogP contribution is 2.42. The third-order valence-electron chi connectivity index (χ3n) is 4.40. The fourth-order valence-corrected chi connectivity index (χ4v) is 4.42. The van der Waals surface area contributed by atoms with Gasteiger partial charge in [0.25, 0.3) is 0 Å². The fourth-order valence-electron chi connectivity index (χ4n) is 2.98. The monoisotopic (exact) mass is 262 g/mol. The second kappa shape index (κ2) is 5.49. The molecule has 3 unspecified atom stereocenters. The Morgan fingerprint density at radius 3 is 2.62 bits per heavy atom. The van der Waals surface area contributed by atoms with Gasteiger partial charge in [0.1, 0.15) is 0 Å². The van der Waals surface area contributed by atoms with Crippen LogP contribution in [0.4, 0.5) is 0 Å². The van der Waals surface area contributed by atoms with Gasteiger partial charge in [-0.25, -0.2) is 0 Å². The van der Waals surface area contributed by atoms with Gasteiger partial charge in [0.05, 0.1) is 5.60 Å². The van der Waals surface area contributed by atoms with E-state index < -0.39 is 0 Å². The van der Waals surface area contributed by atoms with Crippen LogP contribution in [0.5, 0.6) is 0 Å². The van der Waals surface area contributed by atoms with Gasteiger partial charge in [-0.3, -0.25) is 0 Å². The Balaban J connectivity index is 1.97. The minimum atomic E-state index is 0.216. The Hall–Kier alpha value is 0.600. The summed E-state index contributed by atoms with van der Waals surface area (Å²) in [5.41, 5.74) is 0.216. The van der Waals surface area contributed by atoms with Crippen molar-refractivity contribution in [3.8, 4) is 0 Å². The molecule has 2 fully saturated rings. The van der Waals surface area contributed by atoms with Crippen LogP contribution in [0.15, 0.2) is 0 Å². The molecule has 0 amide bonds. The highest BCUT2D eigenvalue weighted by Gasteiger charge is 2.40. The summed E-state index contributed by atoms with van der Waals surface area (Å²) in [4.78, 5) is 0. The van der Waals surface area contributed by atoms with Gasteiger partial charge < -0.3 is 4.74 Å². The third-order valence-corrected chi connectivity index (χ3v) is 5.79. The van der Waals surface area contributed by atoms with Crippen LogP contribution in [-0.2, 0) is 4.74 Å². The van der Waals surface area contributed by atoms with Crippen molar-refractivity contribution in [3.05, 3.63) is 0 Å². The second-order valence-corrected chi connectivity index (χ2v) is 7.35. The van der Waals surface area contributed by atoms with E-state index in [0.29, 0.717) is 5.92 Å². The number of hydrogen-bond acceptors (Lipinski definition) is 2. The normalized spacial score (nSPS) is 33.6. The maximum Gasteiger partial charge on any atom is 0.0701 e. The molecular formula is C13H23ClOS. The zero-order valence-electron chi connectivity index (χ0n) is 10.4. The first-order valence-electron chi connectivity index (χ1n) is 6.49. The van der Waals surface area contributed by atoms with Gasteiger partial charge in [0.15, 0.2) is 0 Å². The predicted molar refractivity (Wildman–Crippen MR) is 72.4 cm³/mol. The summed E-state index contributed by atoms with van der Waals surface area (Å²) in [6.45, 7) is 5.38. The molecule has 2 heterocycles. The minimum Gasteiger partial charge on any atom is -0.375 e. The highest BCUT2D eigenvalue weighted by atomic mass is 35.5. The SMILES string of the molecule is CC(Cl)C(C)C1CCOC2(CCSCC2)C1. The van der Waals surface area contributed by atoms with Crippen molar-refractivity contribution in [1.82, 2.24) is 0 Å². The maximum absolute atomic E-state index is 6.24. The molecule has 0 aromatic rings. The van der Waals surface area contributed by atoms with Gasteiger partial charge in [0.2, 0.25) is 0 Å². The van der Waals surface area contributed by atoms with Crippen LogP contribution in [0.3, 0.4) is 0 Å². The molecule has 1 spiro atoms. The van der Waals surface area contributed by atoms with Crippen molar-refractivity contribution < 1.29 is 4.74 Å². The summed E-state index contributed by atoms with van der Waals surface area (Å²) in [5, 5.41) is 0.290. The van der Waals surface area contributed by atoms with E-state index in [-0.39, 0.29) is 11.0 Å². The largest absolute Gasteiger partial charge is 0.375 e. The first-order chi connectivity index (χ1) is 7.63. The van der Waals surface area contributed by atoms with Crippen LogP contribution in [0, 0.1) is 11.8 Å². The van der Waals surface area contributed by atoms with Crippen molar-refractivity contribution in [2.24, 2.45) is 11.8 Å². The topological polar surface area (TPSA) is 9.23 Å². The maximum atomic E-state index is 6.24. The molecule has 0 aromatic carbocycles. The molecule has 1 nitrogen and oxygen atoms in total. The van der Waals surface area contributed by atoms with E-state index in [1.165, 1.54) is 37.2 Å². The van der Waals surface area contributed by atoms with Gasteiger partial charge in [-0.15, -0.1) is 11.6 Å². The quantitative estimate of drug-likeness (QED) is 0.697. The summed E-state index contributed by atoms with van der Waals surface area (Å²) in [7, 11) is 0. The molecule has 2 rings (SSSR count). The number of thioether (sulfide) groups is 1. The average molecular weight is 263 g/mol. The van der Waals surface area contributed by atoms with E-state index in [1.54, 1.807) is 0 Å². The molecule has 2 saturated heterocycles. The van der Waals surface area contributed by atoms with Gasteiger partial charge in [-0.05, 0) is 55.9 Å². The Kier molecular flexibility index (Phi) is 4.48. The van der Waals surface area contributed by atoms with E-state index >= 15 is 0 Å². The zero-order valence-corrected chi connectivity index (χ0v) is 11.9. The molecule has 3 heteroatoms. The Labute approximate surface area is 109 Å². The van der Waals surface area contributed by atoms with Crippen LogP contribution in [0.25, 0.3) is 0 Å². The summed E-state index contributed by atoms with van der Waals surface area (Å²) >= 11 is 8.32. The van der Waals surface area contributed by atoms with Crippen LogP contribution in [0.1, 0.15) is 39.5 Å². The first kappa shape index (κ1) is 13.0. The summed E-state index contributed by atoms with van der Waals surface area (Å²) in [6, 6.07) is 0. The van der Waals surface area contributed by atoms with Crippen LogP contribution in [-0.4, -0.2) is 29.1 Å². The average Bonchev–Trinajstić information content (AvgIpc) is 2.29. The lowest BCUT2D eigenvalue weighted by molar-refractivity contribution is -0.109. The van der Waals surface area contributed by atoms with Crippen LogP contribution in [0.2, 0.25) is 0 Å². The lowest BCUT2D eigenvalue weighted by atomic mass is 9.76. The molecular weight excluding hydrogens is 240 g/mol. The van der Waals surface area contributed by atoms with Crippen molar-refractivity contribution in [1.29, 1.82) is 0 Å². The summed E-state index contributed by atoms with van der Waals surface area (Å²) in [5.74, 6) is 3.94. The Morgan fingerprint density at radius 2 is 2.00 bits per heavy atom. The van der Waals surface area contributed by atoms with Crippen molar-refractivity contribution in [3.63, 3.8) is 0 Å². The molecule has 16 heavy (non-hydrogen) atoms. The fraction of sp³-hybridized carbons (Fsp3) is 1.00. The highest BCUT2D eigenvalue weighted by molar-refractivity contribution is 7.99.